The minimum Gasteiger partial charge on any atom is -0.366 e. The molecule has 0 atom stereocenters. The van der Waals surface area contributed by atoms with E-state index in [0.29, 0.717) is 10.0 Å². The fourth-order valence-electron chi connectivity index (χ4n) is 1.34. The molecule has 0 heterocycles. The average Bonchev–Trinajstić information content (AvgIpc) is 2.38. The van der Waals surface area contributed by atoms with Crippen molar-refractivity contribution in [1.82, 2.24) is 0 Å². The molecule has 22 heavy (non-hydrogen) atoms. The molecule has 0 saturated heterocycles. The Morgan fingerprint density at radius 2 is 1.18 bits per heavy atom. The molecular weight excluding hydrogens is 391 g/mol. The van der Waals surface area contributed by atoms with Gasteiger partial charge in [0.1, 0.15) is 0 Å². The molecule has 0 spiro atoms. The Balaban J connectivity index is 0.000000220. The van der Waals surface area contributed by atoms with Gasteiger partial charge < -0.3 is 5.73 Å². The molecule has 0 saturated carbocycles. The Morgan fingerprint density at radius 3 is 1.50 bits per heavy atom. The van der Waals surface area contributed by atoms with Gasteiger partial charge in [-0.15, -0.1) is 0 Å². The number of rotatable bonds is 2. The topological polar surface area (TPSA) is 60.2 Å². The number of primary amides is 1. The molecule has 0 aliphatic rings. The van der Waals surface area contributed by atoms with E-state index >= 15 is 0 Å². The smallest absolute Gasteiger partial charge is 0.253 e. The monoisotopic (exact) mass is 397 g/mol. The van der Waals surface area contributed by atoms with Crippen molar-refractivity contribution in [2.24, 2.45) is 5.73 Å². The highest BCUT2D eigenvalue weighted by molar-refractivity contribution is 6.68. The van der Waals surface area contributed by atoms with Gasteiger partial charge in [0.2, 0.25) is 5.91 Å². The first-order chi connectivity index (χ1) is 10.2. The summed E-state index contributed by atoms with van der Waals surface area (Å²) in [5, 5.41) is 0.950. The van der Waals surface area contributed by atoms with Gasteiger partial charge >= 0.3 is 0 Å². The SMILES string of the molecule is NC(=O)c1ccc(Cl)cc1Cl.O=C(Cl)c1ccc(Cl)cc1Cl. The number of benzene rings is 2. The first-order valence-electron chi connectivity index (χ1n) is 5.62. The summed E-state index contributed by atoms with van der Waals surface area (Å²) in [5.41, 5.74) is 5.56. The average molecular weight is 399 g/mol. The summed E-state index contributed by atoms with van der Waals surface area (Å²) >= 11 is 27.6. The van der Waals surface area contributed by atoms with Crippen LogP contribution in [0.25, 0.3) is 0 Å². The van der Waals surface area contributed by atoms with E-state index in [1.807, 2.05) is 0 Å². The molecule has 0 aliphatic heterocycles. The lowest BCUT2D eigenvalue weighted by atomic mass is 10.2. The van der Waals surface area contributed by atoms with Crippen molar-refractivity contribution < 1.29 is 9.59 Å². The van der Waals surface area contributed by atoms with Crippen molar-refractivity contribution in [3.63, 3.8) is 0 Å². The first kappa shape index (κ1) is 19.1. The summed E-state index contributed by atoms with van der Waals surface area (Å²) in [6, 6.07) is 9.05. The standard InChI is InChI=1S/C7H3Cl3O.C7H5Cl2NO/c2*8-4-1-2-5(7(10)11)6(9)3-4/h1-3H;1-3H,(H2,10,11). The van der Waals surface area contributed by atoms with Crippen molar-refractivity contribution in [3.8, 4) is 0 Å². The number of amides is 1. The molecule has 1 amide bonds. The summed E-state index contributed by atoms with van der Waals surface area (Å²) in [4.78, 5) is 21.2. The maximum atomic E-state index is 10.6. The molecule has 0 aliphatic carbocycles. The van der Waals surface area contributed by atoms with E-state index < -0.39 is 11.1 Å². The second kappa shape index (κ2) is 8.61. The highest BCUT2D eigenvalue weighted by Crippen LogP contribution is 2.22. The molecule has 2 rings (SSSR count). The van der Waals surface area contributed by atoms with Crippen molar-refractivity contribution in [2.45, 2.75) is 0 Å². The van der Waals surface area contributed by atoms with E-state index in [0.717, 1.165) is 0 Å². The van der Waals surface area contributed by atoms with Crippen LogP contribution in [0.15, 0.2) is 36.4 Å². The van der Waals surface area contributed by atoms with Gasteiger partial charge in [0.15, 0.2) is 0 Å². The fraction of sp³-hybridized carbons (Fsp3) is 0. The van der Waals surface area contributed by atoms with Crippen molar-refractivity contribution in [2.75, 3.05) is 0 Å². The van der Waals surface area contributed by atoms with E-state index in [2.05, 4.69) is 0 Å². The molecule has 3 nitrogen and oxygen atoms in total. The third kappa shape index (κ3) is 5.67. The second-order valence-electron chi connectivity index (χ2n) is 3.89. The second-order valence-corrected chi connectivity index (χ2v) is 5.92. The van der Waals surface area contributed by atoms with Gasteiger partial charge in [-0.05, 0) is 48.0 Å². The number of nitrogens with two attached hydrogens (primary N) is 1. The Hall–Kier alpha value is -0.970. The molecule has 8 heteroatoms. The van der Waals surface area contributed by atoms with Crippen LogP contribution in [0.3, 0.4) is 0 Å². The lowest BCUT2D eigenvalue weighted by molar-refractivity contribution is 0.0999. The van der Waals surface area contributed by atoms with Crippen LogP contribution in [0, 0.1) is 0 Å². The first-order valence-corrected chi connectivity index (χ1v) is 7.51. The normalized spacial score (nSPS) is 9.68. The van der Waals surface area contributed by atoms with Crippen LogP contribution in [0.1, 0.15) is 20.7 Å². The molecule has 2 aromatic rings. The summed E-state index contributed by atoms with van der Waals surface area (Å²) in [5.74, 6) is -0.549. The van der Waals surface area contributed by atoms with Crippen molar-refractivity contribution >= 4 is 69.2 Å². The number of carbonyl (C=O) groups is 2. The molecule has 2 N–H and O–H groups in total. The van der Waals surface area contributed by atoms with Gasteiger partial charge in [-0.1, -0.05) is 46.4 Å². The Kier molecular flexibility index (Phi) is 7.46. The minimum absolute atomic E-state index is 0.275. The zero-order valence-electron chi connectivity index (χ0n) is 10.7. The highest BCUT2D eigenvalue weighted by Gasteiger charge is 2.06. The van der Waals surface area contributed by atoms with E-state index in [9.17, 15) is 9.59 Å². The molecule has 0 bridgehead atoms. The maximum absolute atomic E-state index is 10.6. The van der Waals surface area contributed by atoms with Crippen LogP contribution in [0.4, 0.5) is 0 Å². The molecule has 0 unspecified atom stereocenters. The van der Waals surface area contributed by atoms with Crippen molar-refractivity contribution in [1.29, 1.82) is 0 Å². The van der Waals surface area contributed by atoms with Crippen LogP contribution in [-0.2, 0) is 0 Å². The van der Waals surface area contributed by atoms with Crippen LogP contribution < -0.4 is 5.73 Å². The fourth-order valence-corrected chi connectivity index (χ4v) is 2.55. The summed E-state index contributed by atoms with van der Waals surface area (Å²) in [7, 11) is 0. The van der Waals surface area contributed by atoms with Crippen LogP contribution in [0.5, 0.6) is 0 Å². The summed E-state index contributed by atoms with van der Waals surface area (Å²) < 4.78 is 0. The zero-order chi connectivity index (χ0) is 16.9. The molecule has 0 aromatic heterocycles. The van der Waals surface area contributed by atoms with Gasteiger partial charge in [-0.25, -0.2) is 0 Å². The molecule has 0 fully saturated rings. The molecule has 0 radical (unpaired) electrons. The predicted octanol–water partition coefficient (Wildman–Crippen LogP) is 5.46. The highest BCUT2D eigenvalue weighted by atomic mass is 35.5. The van der Waals surface area contributed by atoms with Crippen LogP contribution >= 0.6 is 58.0 Å². The van der Waals surface area contributed by atoms with Gasteiger partial charge in [-0.3, -0.25) is 9.59 Å². The number of hydrogen-bond acceptors (Lipinski definition) is 2. The minimum atomic E-state index is -0.577. The third-order valence-corrected chi connectivity index (χ3v) is 3.64. The van der Waals surface area contributed by atoms with Gasteiger partial charge in [0, 0.05) is 10.0 Å². The van der Waals surface area contributed by atoms with Crippen LogP contribution in [0.2, 0.25) is 20.1 Å². The van der Waals surface area contributed by atoms with Gasteiger partial charge in [-0.2, -0.15) is 0 Å². The van der Waals surface area contributed by atoms with E-state index in [1.165, 1.54) is 24.3 Å². The largest absolute Gasteiger partial charge is 0.366 e. The zero-order valence-corrected chi connectivity index (χ0v) is 14.5. The van der Waals surface area contributed by atoms with E-state index in [4.69, 9.17) is 63.7 Å². The number of halogens is 5. The number of hydrogen-bond donors (Lipinski definition) is 1. The van der Waals surface area contributed by atoms with E-state index in [1.54, 1.807) is 12.1 Å². The maximum Gasteiger partial charge on any atom is 0.253 e. The third-order valence-electron chi connectivity index (χ3n) is 2.34. The molecule has 2 aromatic carbocycles. The van der Waals surface area contributed by atoms with Crippen LogP contribution in [-0.4, -0.2) is 11.1 Å². The Labute approximate surface area is 151 Å². The Bertz CT molecular complexity index is 657. The predicted molar refractivity (Wildman–Crippen MR) is 91.6 cm³/mol. The molecular formula is C14H8Cl5NO2. The lowest BCUT2D eigenvalue weighted by Gasteiger charge is -1.97. The van der Waals surface area contributed by atoms with Gasteiger partial charge in [0.25, 0.3) is 5.24 Å². The lowest BCUT2D eigenvalue weighted by Crippen LogP contribution is -2.11. The summed E-state index contributed by atoms with van der Waals surface area (Å²) in [6.07, 6.45) is 0. The Morgan fingerprint density at radius 1 is 0.773 bits per heavy atom. The van der Waals surface area contributed by atoms with Gasteiger partial charge in [0.05, 0.1) is 21.2 Å². The quantitative estimate of drug-likeness (QED) is 0.681. The van der Waals surface area contributed by atoms with E-state index in [-0.39, 0.29) is 21.2 Å². The number of carbonyl (C=O) groups excluding carboxylic acids is 2. The summed E-state index contributed by atoms with van der Waals surface area (Å²) in [6.45, 7) is 0. The molecule has 116 valence electrons. The van der Waals surface area contributed by atoms with Crippen molar-refractivity contribution in [3.05, 3.63) is 67.6 Å².